The van der Waals surface area contributed by atoms with Crippen LogP contribution in [0.4, 0.5) is 4.39 Å². The van der Waals surface area contributed by atoms with E-state index in [-0.39, 0.29) is 11.7 Å². The maximum atomic E-state index is 13.3. The second-order valence-corrected chi connectivity index (χ2v) is 7.65. The van der Waals surface area contributed by atoms with E-state index in [0.29, 0.717) is 11.4 Å². The number of hydrogen-bond donors (Lipinski definition) is 1. The standard InChI is InChI=1S/C24H21FN2OS/c25-20-12-10-19(11-13-20)21-17-29-23(22(21)27-15-4-5-16-27)24(28)26-14-6-9-18-7-2-1-3-8-18/h1-5,7-8,10-13,15-17H,6,9,14H2,(H,26,28). The van der Waals surface area contributed by atoms with E-state index in [1.165, 1.54) is 29.0 Å². The first-order valence-corrected chi connectivity index (χ1v) is 10.4. The van der Waals surface area contributed by atoms with Gasteiger partial charge in [0.25, 0.3) is 5.91 Å². The smallest absolute Gasteiger partial charge is 0.263 e. The number of amides is 1. The van der Waals surface area contributed by atoms with Crippen molar-refractivity contribution in [1.29, 1.82) is 0 Å². The quantitative estimate of drug-likeness (QED) is 0.394. The third-order valence-electron chi connectivity index (χ3n) is 4.76. The fourth-order valence-corrected chi connectivity index (χ4v) is 4.30. The van der Waals surface area contributed by atoms with Crippen LogP contribution >= 0.6 is 11.3 Å². The van der Waals surface area contributed by atoms with Crippen molar-refractivity contribution in [2.24, 2.45) is 0 Å². The molecule has 0 saturated heterocycles. The number of carbonyl (C=O) groups is 1. The van der Waals surface area contributed by atoms with Gasteiger partial charge in [-0.25, -0.2) is 4.39 Å². The largest absolute Gasteiger partial charge is 0.351 e. The van der Waals surface area contributed by atoms with E-state index in [1.807, 2.05) is 52.7 Å². The first kappa shape index (κ1) is 19.2. The van der Waals surface area contributed by atoms with Crippen molar-refractivity contribution in [2.75, 3.05) is 6.54 Å². The summed E-state index contributed by atoms with van der Waals surface area (Å²) in [5.74, 6) is -0.358. The molecule has 0 bridgehead atoms. The molecule has 0 fully saturated rings. The van der Waals surface area contributed by atoms with Gasteiger partial charge < -0.3 is 9.88 Å². The summed E-state index contributed by atoms with van der Waals surface area (Å²) < 4.78 is 15.3. The van der Waals surface area contributed by atoms with Crippen LogP contribution in [0.25, 0.3) is 16.8 Å². The van der Waals surface area contributed by atoms with Crippen molar-refractivity contribution >= 4 is 17.2 Å². The van der Waals surface area contributed by atoms with Gasteiger partial charge in [-0.3, -0.25) is 4.79 Å². The van der Waals surface area contributed by atoms with Crippen molar-refractivity contribution in [1.82, 2.24) is 9.88 Å². The van der Waals surface area contributed by atoms with E-state index < -0.39 is 0 Å². The molecule has 0 aliphatic carbocycles. The molecular weight excluding hydrogens is 383 g/mol. The minimum atomic E-state index is -0.275. The molecule has 4 rings (SSSR count). The Morgan fingerprint density at radius 2 is 1.69 bits per heavy atom. The third kappa shape index (κ3) is 4.46. The fourth-order valence-electron chi connectivity index (χ4n) is 3.31. The van der Waals surface area contributed by atoms with Gasteiger partial charge in [-0.15, -0.1) is 11.3 Å². The lowest BCUT2D eigenvalue weighted by Gasteiger charge is -2.10. The van der Waals surface area contributed by atoms with Crippen LogP contribution in [0.2, 0.25) is 0 Å². The molecule has 0 spiro atoms. The van der Waals surface area contributed by atoms with E-state index in [4.69, 9.17) is 0 Å². The SMILES string of the molecule is O=C(NCCCc1ccccc1)c1scc(-c2ccc(F)cc2)c1-n1cccc1. The molecule has 2 heterocycles. The molecule has 2 aromatic carbocycles. The van der Waals surface area contributed by atoms with Crippen LogP contribution in [0.15, 0.2) is 84.5 Å². The van der Waals surface area contributed by atoms with Crippen LogP contribution in [-0.2, 0) is 6.42 Å². The predicted molar refractivity (Wildman–Crippen MR) is 116 cm³/mol. The van der Waals surface area contributed by atoms with Gasteiger partial charge in [0.1, 0.15) is 10.7 Å². The monoisotopic (exact) mass is 404 g/mol. The lowest BCUT2D eigenvalue weighted by atomic mass is 10.1. The lowest BCUT2D eigenvalue weighted by molar-refractivity contribution is 0.0957. The number of rotatable bonds is 7. The zero-order chi connectivity index (χ0) is 20.1. The highest BCUT2D eigenvalue weighted by Crippen LogP contribution is 2.35. The summed E-state index contributed by atoms with van der Waals surface area (Å²) in [5.41, 5.74) is 3.90. The third-order valence-corrected chi connectivity index (χ3v) is 5.73. The zero-order valence-corrected chi connectivity index (χ0v) is 16.7. The normalized spacial score (nSPS) is 10.8. The maximum Gasteiger partial charge on any atom is 0.263 e. The molecule has 3 nitrogen and oxygen atoms in total. The maximum absolute atomic E-state index is 13.3. The Balaban J connectivity index is 1.52. The number of nitrogens with zero attached hydrogens (tertiary/aromatic N) is 1. The van der Waals surface area contributed by atoms with Crippen molar-refractivity contribution in [3.63, 3.8) is 0 Å². The summed E-state index contributed by atoms with van der Waals surface area (Å²) in [7, 11) is 0. The molecule has 2 aromatic heterocycles. The number of benzene rings is 2. The van der Waals surface area contributed by atoms with Crippen LogP contribution in [0.5, 0.6) is 0 Å². The van der Waals surface area contributed by atoms with Gasteiger partial charge in [0.05, 0.1) is 5.69 Å². The predicted octanol–water partition coefficient (Wildman–Crippen LogP) is 5.71. The van der Waals surface area contributed by atoms with E-state index in [2.05, 4.69) is 17.4 Å². The van der Waals surface area contributed by atoms with Crippen molar-refractivity contribution in [2.45, 2.75) is 12.8 Å². The highest BCUT2D eigenvalue weighted by Gasteiger charge is 2.20. The van der Waals surface area contributed by atoms with E-state index in [1.54, 1.807) is 12.1 Å². The van der Waals surface area contributed by atoms with Gasteiger partial charge in [-0.1, -0.05) is 42.5 Å². The topological polar surface area (TPSA) is 34.0 Å². The minimum Gasteiger partial charge on any atom is -0.351 e. The number of carbonyl (C=O) groups excluding carboxylic acids is 1. The molecule has 1 amide bonds. The lowest BCUT2D eigenvalue weighted by Crippen LogP contribution is -2.25. The molecule has 0 aliphatic heterocycles. The minimum absolute atomic E-state index is 0.0832. The first-order chi connectivity index (χ1) is 14.2. The van der Waals surface area contributed by atoms with E-state index in [9.17, 15) is 9.18 Å². The molecule has 0 radical (unpaired) electrons. The number of aromatic nitrogens is 1. The second kappa shape index (κ2) is 8.88. The van der Waals surface area contributed by atoms with Gasteiger partial charge in [0.15, 0.2) is 0 Å². The molecule has 0 saturated carbocycles. The fraction of sp³-hybridized carbons (Fsp3) is 0.125. The molecule has 0 unspecified atom stereocenters. The molecule has 4 aromatic rings. The van der Waals surface area contributed by atoms with Crippen molar-refractivity contribution < 1.29 is 9.18 Å². The highest BCUT2D eigenvalue weighted by atomic mass is 32.1. The summed E-state index contributed by atoms with van der Waals surface area (Å²) in [6.07, 6.45) is 5.64. The summed E-state index contributed by atoms with van der Waals surface area (Å²) in [4.78, 5) is 13.5. The molecule has 29 heavy (non-hydrogen) atoms. The Morgan fingerprint density at radius 3 is 2.41 bits per heavy atom. The van der Waals surface area contributed by atoms with Crippen LogP contribution in [-0.4, -0.2) is 17.0 Å². The van der Waals surface area contributed by atoms with Crippen LogP contribution < -0.4 is 5.32 Å². The Morgan fingerprint density at radius 1 is 0.966 bits per heavy atom. The Kier molecular flexibility index (Phi) is 5.86. The summed E-state index contributed by atoms with van der Waals surface area (Å²) in [6, 6.07) is 20.5. The average Bonchev–Trinajstić information content (AvgIpc) is 3.42. The molecule has 5 heteroatoms. The van der Waals surface area contributed by atoms with E-state index >= 15 is 0 Å². The van der Waals surface area contributed by atoms with Crippen molar-refractivity contribution in [3.05, 3.63) is 101 Å². The average molecular weight is 405 g/mol. The van der Waals surface area contributed by atoms with Crippen LogP contribution in [0.3, 0.4) is 0 Å². The summed E-state index contributed by atoms with van der Waals surface area (Å²) in [6.45, 7) is 0.614. The zero-order valence-electron chi connectivity index (χ0n) is 15.8. The second-order valence-electron chi connectivity index (χ2n) is 6.77. The highest BCUT2D eigenvalue weighted by molar-refractivity contribution is 7.13. The number of thiophene rings is 1. The molecule has 1 N–H and O–H groups in total. The van der Waals surface area contributed by atoms with Gasteiger partial charge in [0.2, 0.25) is 0 Å². The van der Waals surface area contributed by atoms with Crippen LogP contribution in [0, 0.1) is 5.82 Å². The number of halogens is 1. The molecule has 146 valence electrons. The van der Waals surface area contributed by atoms with Gasteiger partial charge in [-0.05, 0) is 48.2 Å². The van der Waals surface area contributed by atoms with E-state index in [0.717, 1.165) is 29.7 Å². The van der Waals surface area contributed by atoms with Gasteiger partial charge >= 0.3 is 0 Å². The Labute approximate surface area is 173 Å². The summed E-state index contributed by atoms with van der Waals surface area (Å²) in [5, 5.41) is 5.00. The molecule has 0 aliphatic rings. The Hall–Kier alpha value is -3.18. The Bertz CT molecular complexity index is 1070. The number of aryl methyl sites for hydroxylation is 1. The first-order valence-electron chi connectivity index (χ1n) is 9.55. The molecular formula is C24H21FN2OS. The number of hydrogen-bond acceptors (Lipinski definition) is 2. The van der Waals surface area contributed by atoms with Gasteiger partial charge in [-0.2, -0.15) is 0 Å². The summed E-state index contributed by atoms with van der Waals surface area (Å²) >= 11 is 1.41. The molecule has 0 atom stereocenters. The van der Waals surface area contributed by atoms with Gasteiger partial charge in [0, 0.05) is 29.9 Å². The van der Waals surface area contributed by atoms with Crippen LogP contribution in [0.1, 0.15) is 21.7 Å². The number of nitrogens with one attached hydrogen (secondary N) is 1. The van der Waals surface area contributed by atoms with Crippen molar-refractivity contribution in [3.8, 4) is 16.8 Å².